The van der Waals surface area contributed by atoms with Gasteiger partial charge in [-0.2, -0.15) is 0 Å². The molecule has 0 spiro atoms. The molecule has 4 nitrogen and oxygen atoms in total. The quantitative estimate of drug-likeness (QED) is 0.769. The summed E-state index contributed by atoms with van der Waals surface area (Å²) < 4.78 is 13.4. The molecular formula is C13H18FNO3. The van der Waals surface area contributed by atoms with Crippen LogP contribution < -0.4 is 5.32 Å². The van der Waals surface area contributed by atoms with Crippen LogP contribution in [0.4, 0.5) is 4.39 Å². The molecule has 0 bridgehead atoms. The second-order valence-electron chi connectivity index (χ2n) is 5.23. The molecule has 1 aromatic rings. The summed E-state index contributed by atoms with van der Waals surface area (Å²) in [6, 6.07) is 3.64. The Kier molecular flexibility index (Phi) is 4.29. The predicted octanol–water partition coefficient (Wildman–Crippen LogP) is 1.67. The number of nitrogens with one attached hydrogen (secondary N) is 1. The summed E-state index contributed by atoms with van der Waals surface area (Å²) in [6.45, 7) is 5.47. The summed E-state index contributed by atoms with van der Waals surface area (Å²) >= 11 is 0. The van der Waals surface area contributed by atoms with E-state index in [0.29, 0.717) is 0 Å². The Morgan fingerprint density at radius 2 is 2.06 bits per heavy atom. The fraction of sp³-hybridized carbons (Fsp3) is 0.462. The van der Waals surface area contributed by atoms with Gasteiger partial charge >= 0.3 is 0 Å². The highest BCUT2D eigenvalue weighted by Gasteiger charge is 2.24. The highest BCUT2D eigenvalue weighted by atomic mass is 19.1. The number of carbonyl (C=O) groups excluding carboxylic acids is 1. The van der Waals surface area contributed by atoms with Gasteiger partial charge in [0.05, 0.1) is 6.10 Å². The first-order valence-electron chi connectivity index (χ1n) is 5.67. The number of benzene rings is 1. The monoisotopic (exact) mass is 255 g/mol. The van der Waals surface area contributed by atoms with Crippen molar-refractivity contribution in [1.29, 1.82) is 0 Å². The molecule has 1 atom stereocenters. The van der Waals surface area contributed by atoms with E-state index in [2.05, 4.69) is 5.32 Å². The van der Waals surface area contributed by atoms with E-state index >= 15 is 0 Å². The van der Waals surface area contributed by atoms with E-state index in [-0.39, 0.29) is 12.0 Å². The Labute approximate surface area is 105 Å². The first-order valence-corrected chi connectivity index (χ1v) is 5.67. The van der Waals surface area contributed by atoms with Crippen molar-refractivity contribution in [2.45, 2.75) is 26.9 Å². The number of halogens is 1. The normalized spacial score (nSPS) is 13.2. The highest BCUT2D eigenvalue weighted by Crippen LogP contribution is 2.21. The molecule has 0 aliphatic rings. The van der Waals surface area contributed by atoms with Crippen LogP contribution in [0.1, 0.15) is 31.1 Å². The highest BCUT2D eigenvalue weighted by molar-refractivity contribution is 5.97. The summed E-state index contributed by atoms with van der Waals surface area (Å²) in [5.41, 5.74) is -0.788. The van der Waals surface area contributed by atoms with Gasteiger partial charge in [-0.15, -0.1) is 0 Å². The van der Waals surface area contributed by atoms with Gasteiger partial charge in [-0.3, -0.25) is 4.79 Å². The zero-order valence-corrected chi connectivity index (χ0v) is 10.7. The molecular weight excluding hydrogens is 237 g/mol. The molecule has 0 heterocycles. The third kappa shape index (κ3) is 3.43. The molecule has 5 heteroatoms. The minimum atomic E-state index is -0.794. The van der Waals surface area contributed by atoms with Crippen LogP contribution in [0.2, 0.25) is 0 Å². The van der Waals surface area contributed by atoms with E-state index in [1.165, 1.54) is 12.1 Å². The lowest BCUT2D eigenvalue weighted by Gasteiger charge is -2.25. The van der Waals surface area contributed by atoms with Crippen molar-refractivity contribution in [1.82, 2.24) is 5.32 Å². The largest absolute Gasteiger partial charge is 0.507 e. The second kappa shape index (κ2) is 5.35. The molecule has 0 radical (unpaired) electrons. The molecule has 1 unspecified atom stereocenters. The molecule has 0 aliphatic heterocycles. The maximum atomic E-state index is 13.4. The third-order valence-electron chi connectivity index (χ3n) is 2.67. The standard InChI is InChI=1S/C13H18FNO3/c1-13(2,3)10(17)7-15-12(18)11-8(14)5-4-6-9(11)16/h4-6,10,16-17H,7H2,1-3H3,(H,15,18). The number of hydrogen-bond donors (Lipinski definition) is 3. The maximum absolute atomic E-state index is 13.4. The van der Waals surface area contributed by atoms with Crippen molar-refractivity contribution < 1.29 is 19.4 Å². The Bertz CT molecular complexity index is 420. The molecule has 0 aliphatic carbocycles. The smallest absolute Gasteiger partial charge is 0.258 e. The number of aliphatic hydroxyl groups is 1. The number of carbonyl (C=O) groups is 1. The van der Waals surface area contributed by atoms with Crippen LogP contribution >= 0.6 is 0 Å². The van der Waals surface area contributed by atoms with Crippen LogP contribution in [0.3, 0.4) is 0 Å². The van der Waals surface area contributed by atoms with Crippen molar-refractivity contribution >= 4 is 5.91 Å². The lowest BCUT2D eigenvalue weighted by atomic mass is 9.89. The molecule has 100 valence electrons. The number of aromatic hydroxyl groups is 1. The molecule has 3 N–H and O–H groups in total. The molecule has 1 amide bonds. The topological polar surface area (TPSA) is 69.6 Å². The SMILES string of the molecule is CC(C)(C)C(O)CNC(=O)c1c(O)cccc1F. The molecule has 18 heavy (non-hydrogen) atoms. The van der Waals surface area contributed by atoms with Crippen molar-refractivity contribution in [3.8, 4) is 5.75 Å². The average Bonchev–Trinajstić information content (AvgIpc) is 2.24. The summed E-state index contributed by atoms with van der Waals surface area (Å²) in [6.07, 6.45) is -0.754. The summed E-state index contributed by atoms with van der Waals surface area (Å²) in [7, 11) is 0. The van der Waals surface area contributed by atoms with Gasteiger partial charge < -0.3 is 15.5 Å². The fourth-order valence-electron chi connectivity index (χ4n) is 1.32. The average molecular weight is 255 g/mol. The van der Waals surface area contributed by atoms with E-state index in [1.54, 1.807) is 0 Å². The summed E-state index contributed by atoms with van der Waals surface area (Å²) in [4.78, 5) is 11.7. The molecule has 0 saturated carbocycles. The Morgan fingerprint density at radius 3 is 2.56 bits per heavy atom. The summed E-state index contributed by atoms with van der Waals surface area (Å²) in [5.74, 6) is -1.95. The van der Waals surface area contributed by atoms with Gasteiger partial charge in [-0.1, -0.05) is 26.8 Å². The van der Waals surface area contributed by atoms with Crippen molar-refractivity contribution in [3.05, 3.63) is 29.6 Å². The number of phenolic OH excluding ortho intramolecular Hbond substituents is 1. The van der Waals surface area contributed by atoms with E-state index < -0.39 is 29.1 Å². The number of aliphatic hydroxyl groups excluding tert-OH is 1. The molecule has 0 fully saturated rings. The molecule has 1 rings (SSSR count). The Hall–Kier alpha value is -1.62. The van der Waals surface area contributed by atoms with Crippen molar-refractivity contribution in [2.24, 2.45) is 5.41 Å². The number of phenols is 1. The van der Waals surface area contributed by atoms with Crippen LogP contribution in [0.5, 0.6) is 5.75 Å². The zero-order valence-electron chi connectivity index (χ0n) is 10.7. The third-order valence-corrected chi connectivity index (χ3v) is 2.67. The van der Waals surface area contributed by atoms with Gasteiger partial charge in [-0.05, 0) is 17.5 Å². The molecule has 0 aromatic heterocycles. The van der Waals surface area contributed by atoms with Gasteiger partial charge in [0.1, 0.15) is 17.1 Å². The zero-order chi connectivity index (χ0) is 13.9. The van der Waals surface area contributed by atoms with Crippen LogP contribution in [0.15, 0.2) is 18.2 Å². The molecule has 1 aromatic carbocycles. The molecule has 0 saturated heterocycles. The van der Waals surface area contributed by atoms with E-state index in [0.717, 1.165) is 6.07 Å². The number of rotatable bonds is 3. The first kappa shape index (κ1) is 14.4. The van der Waals surface area contributed by atoms with E-state index in [1.807, 2.05) is 20.8 Å². The first-order chi connectivity index (χ1) is 8.23. The lowest BCUT2D eigenvalue weighted by Crippen LogP contribution is -2.39. The van der Waals surface area contributed by atoms with E-state index in [9.17, 15) is 19.4 Å². The van der Waals surface area contributed by atoms with Crippen LogP contribution in [0, 0.1) is 11.2 Å². The maximum Gasteiger partial charge on any atom is 0.258 e. The van der Waals surface area contributed by atoms with Gasteiger partial charge in [-0.25, -0.2) is 4.39 Å². The Morgan fingerprint density at radius 1 is 1.44 bits per heavy atom. The Balaban J connectivity index is 2.73. The second-order valence-corrected chi connectivity index (χ2v) is 5.23. The van der Waals surface area contributed by atoms with E-state index in [4.69, 9.17) is 0 Å². The predicted molar refractivity (Wildman–Crippen MR) is 65.9 cm³/mol. The minimum Gasteiger partial charge on any atom is -0.507 e. The van der Waals surface area contributed by atoms with Crippen LogP contribution in [0.25, 0.3) is 0 Å². The number of amides is 1. The van der Waals surface area contributed by atoms with Crippen LogP contribution in [-0.2, 0) is 0 Å². The lowest BCUT2D eigenvalue weighted by molar-refractivity contribution is 0.0585. The van der Waals surface area contributed by atoms with Crippen molar-refractivity contribution in [3.63, 3.8) is 0 Å². The summed E-state index contributed by atoms with van der Waals surface area (Å²) in [5, 5.41) is 21.6. The van der Waals surface area contributed by atoms with Crippen LogP contribution in [-0.4, -0.2) is 28.8 Å². The van der Waals surface area contributed by atoms with Crippen molar-refractivity contribution in [2.75, 3.05) is 6.54 Å². The van der Waals surface area contributed by atoms with Gasteiger partial charge in [0.15, 0.2) is 0 Å². The van der Waals surface area contributed by atoms with Gasteiger partial charge in [0.25, 0.3) is 5.91 Å². The fourth-order valence-corrected chi connectivity index (χ4v) is 1.32. The minimum absolute atomic E-state index is 0.00386. The van der Waals surface area contributed by atoms with Gasteiger partial charge in [0.2, 0.25) is 0 Å². The number of hydrogen-bond acceptors (Lipinski definition) is 3. The van der Waals surface area contributed by atoms with Gasteiger partial charge in [0, 0.05) is 6.54 Å².